The van der Waals surface area contributed by atoms with E-state index in [-0.39, 0.29) is 12.0 Å². The Kier molecular flexibility index (Phi) is 5.63. The molecule has 0 bridgehead atoms. The molecule has 0 aliphatic carbocycles. The third kappa shape index (κ3) is 4.49. The van der Waals surface area contributed by atoms with Gasteiger partial charge in [-0.25, -0.2) is 0 Å². The third-order valence-electron chi connectivity index (χ3n) is 3.38. The average molecular weight is 291 g/mol. The van der Waals surface area contributed by atoms with Crippen LogP contribution in [0.5, 0.6) is 11.5 Å². The predicted octanol–water partition coefficient (Wildman–Crippen LogP) is 2.01. The summed E-state index contributed by atoms with van der Waals surface area (Å²) < 4.78 is 15.9. The molecule has 1 N–H and O–H groups in total. The molecule has 1 fully saturated rings. The minimum atomic E-state index is -0.143. The summed E-state index contributed by atoms with van der Waals surface area (Å²) in [5.41, 5.74) is 0.795. The average Bonchev–Trinajstić information content (AvgIpc) is 3.04. The van der Waals surface area contributed by atoms with Gasteiger partial charge in [0.25, 0.3) is 0 Å². The molecule has 1 heterocycles. The lowest BCUT2D eigenvalue weighted by Gasteiger charge is -2.09. The van der Waals surface area contributed by atoms with E-state index in [2.05, 4.69) is 5.32 Å². The van der Waals surface area contributed by atoms with Crippen molar-refractivity contribution < 1.29 is 19.0 Å². The van der Waals surface area contributed by atoms with Crippen molar-refractivity contribution in [1.29, 1.82) is 0 Å². The van der Waals surface area contributed by atoms with Gasteiger partial charge in [-0.2, -0.15) is 0 Å². The van der Waals surface area contributed by atoms with E-state index in [4.69, 9.17) is 14.2 Å². The molecule has 0 aromatic heterocycles. The van der Waals surface area contributed by atoms with Crippen LogP contribution in [0, 0.1) is 0 Å². The van der Waals surface area contributed by atoms with E-state index in [1.807, 2.05) is 18.2 Å². The van der Waals surface area contributed by atoms with Gasteiger partial charge in [0.1, 0.15) is 11.5 Å². The second kappa shape index (κ2) is 7.69. The Hall–Kier alpha value is -2.01. The van der Waals surface area contributed by atoms with Gasteiger partial charge in [-0.3, -0.25) is 4.79 Å². The van der Waals surface area contributed by atoms with Crippen LogP contribution in [0.1, 0.15) is 18.4 Å². The van der Waals surface area contributed by atoms with Gasteiger partial charge in [0.15, 0.2) is 0 Å². The van der Waals surface area contributed by atoms with Crippen LogP contribution in [0.3, 0.4) is 0 Å². The van der Waals surface area contributed by atoms with Crippen molar-refractivity contribution in [3.8, 4) is 11.5 Å². The molecule has 0 radical (unpaired) electrons. The fourth-order valence-electron chi connectivity index (χ4n) is 2.21. The molecule has 1 amide bonds. The molecule has 1 aromatic carbocycles. The summed E-state index contributed by atoms with van der Waals surface area (Å²) in [5, 5.41) is 2.84. The molecule has 1 saturated heterocycles. The predicted molar refractivity (Wildman–Crippen MR) is 80.6 cm³/mol. The van der Waals surface area contributed by atoms with Crippen LogP contribution in [0.15, 0.2) is 24.3 Å². The van der Waals surface area contributed by atoms with Crippen molar-refractivity contribution in [2.45, 2.75) is 18.9 Å². The van der Waals surface area contributed by atoms with Crippen molar-refractivity contribution in [3.05, 3.63) is 29.8 Å². The van der Waals surface area contributed by atoms with Gasteiger partial charge in [0.2, 0.25) is 5.91 Å². The lowest BCUT2D eigenvalue weighted by Crippen LogP contribution is -2.30. The summed E-state index contributed by atoms with van der Waals surface area (Å²) in [5.74, 6) is 1.27. The fraction of sp³-hybridized carbons (Fsp3) is 0.438. The normalized spacial score (nSPS) is 17.9. The van der Waals surface area contributed by atoms with Crippen LogP contribution >= 0.6 is 0 Å². The minimum absolute atomic E-state index is 0.143. The summed E-state index contributed by atoms with van der Waals surface area (Å²) in [6.07, 6.45) is 5.43. The Balaban J connectivity index is 1.94. The van der Waals surface area contributed by atoms with Crippen LogP contribution in [-0.2, 0) is 9.53 Å². The second-order valence-corrected chi connectivity index (χ2v) is 4.82. The number of carbonyl (C=O) groups is 1. The lowest BCUT2D eigenvalue weighted by atomic mass is 10.1. The van der Waals surface area contributed by atoms with Crippen LogP contribution in [0.4, 0.5) is 0 Å². The molecule has 0 saturated carbocycles. The zero-order valence-corrected chi connectivity index (χ0v) is 12.4. The Morgan fingerprint density at radius 2 is 2.29 bits per heavy atom. The van der Waals surface area contributed by atoms with Gasteiger partial charge >= 0.3 is 0 Å². The highest BCUT2D eigenvalue weighted by atomic mass is 16.5. The third-order valence-corrected chi connectivity index (χ3v) is 3.38. The highest BCUT2D eigenvalue weighted by Gasteiger charge is 2.15. The SMILES string of the molecule is COc1ccc(OC)c(/C=C/C(=O)NCC2CCCO2)c1. The van der Waals surface area contributed by atoms with Crippen molar-refractivity contribution in [1.82, 2.24) is 5.32 Å². The Bertz CT molecular complexity index is 507. The number of carbonyl (C=O) groups excluding carboxylic acids is 1. The number of rotatable bonds is 6. The topological polar surface area (TPSA) is 56.8 Å². The number of nitrogens with one attached hydrogen (secondary N) is 1. The van der Waals surface area contributed by atoms with Crippen LogP contribution < -0.4 is 14.8 Å². The van der Waals surface area contributed by atoms with Crippen molar-refractivity contribution in [2.75, 3.05) is 27.4 Å². The molecule has 21 heavy (non-hydrogen) atoms. The summed E-state index contributed by atoms with van der Waals surface area (Å²) in [6, 6.07) is 5.44. The Morgan fingerprint density at radius 3 is 2.95 bits per heavy atom. The molecule has 1 atom stereocenters. The monoisotopic (exact) mass is 291 g/mol. The van der Waals surface area contributed by atoms with E-state index in [1.165, 1.54) is 6.08 Å². The molecule has 1 aliphatic rings. The second-order valence-electron chi connectivity index (χ2n) is 4.82. The van der Waals surface area contributed by atoms with Crippen LogP contribution in [0.2, 0.25) is 0 Å². The summed E-state index contributed by atoms with van der Waals surface area (Å²) in [7, 11) is 3.19. The van der Waals surface area contributed by atoms with Crippen molar-refractivity contribution >= 4 is 12.0 Å². The van der Waals surface area contributed by atoms with E-state index in [0.29, 0.717) is 12.3 Å². The number of hydrogen-bond acceptors (Lipinski definition) is 4. The summed E-state index contributed by atoms with van der Waals surface area (Å²) in [4.78, 5) is 11.8. The molecule has 1 unspecified atom stereocenters. The molecule has 114 valence electrons. The highest BCUT2D eigenvalue weighted by Crippen LogP contribution is 2.24. The Labute approximate surface area is 124 Å². The maximum Gasteiger partial charge on any atom is 0.244 e. The first kappa shape index (κ1) is 15.4. The number of amides is 1. The van der Waals surface area contributed by atoms with Gasteiger partial charge in [-0.1, -0.05) is 0 Å². The molecular formula is C16H21NO4. The molecular weight excluding hydrogens is 270 g/mol. The van der Waals surface area contributed by atoms with Gasteiger partial charge in [-0.15, -0.1) is 0 Å². The number of methoxy groups -OCH3 is 2. The van der Waals surface area contributed by atoms with Gasteiger partial charge < -0.3 is 19.5 Å². The molecule has 5 nitrogen and oxygen atoms in total. The molecule has 0 spiro atoms. The molecule has 1 aromatic rings. The van der Waals surface area contributed by atoms with E-state index < -0.39 is 0 Å². The highest BCUT2D eigenvalue weighted by molar-refractivity contribution is 5.92. The van der Waals surface area contributed by atoms with Gasteiger partial charge in [0, 0.05) is 24.8 Å². The van der Waals surface area contributed by atoms with Gasteiger partial charge in [-0.05, 0) is 37.1 Å². The van der Waals surface area contributed by atoms with E-state index in [1.54, 1.807) is 20.3 Å². The maximum absolute atomic E-state index is 11.8. The number of ether oxygens (including phenoxy) is 3. The smallest absolute Gasteiger partial charge is 0.244 e. The van der Waals surface area contributed by atoms with Crippen molar-refractivity contribution in [2.24, 2.45) is 0 Å². The van der Waals surface area contributed by atoms with E-state index >= 15 is 0 Å². The van der Waals surface area contributed by atoms with Gasteiger partial charge in [0.05, 0.1) is 20.3 Å². The zero-order chi connectivity index (χ0) is 15.1. The summed E-state index contributed by atoms with van der Waals surface area (Å²) in [6.45, 7) is 1.34. The largest absolute Gasteiger partial charge is 0.497 e. The summed E-state index contributed by atoms with van der Waals surface area (Å²) >= 11 is 0. The standard InChI is InChI=1S/C16H21NO4/c1-19-13-6-7-15(20-2)12(10-13)5-8-16(18)17-11-14-4-3-9-21-14/h5-8,10,14H,3-4,9,11H2,1-2H3,(H,17,18)/b8-5+. The van der Waals surface area contributed by atoms with Crippen LogP contribution in [0.25, 0.3) is 6.08 Å². The number of hydrogen-bond donors (Lipinski definition) is 1. The first-order valence-electron chi connectivity index (χ1n) is 7.02. The Morgan fingerprint density at radius 1 is 1.43 bits per heavy atom. The lowest BCUT2D eigenvalue weighted by molar-refractivity contribution is -0.116. The first-order valence-corrected chi connectivity index (χ1v) is 7.02. The zero-order valence-electron chi connectivity index (χ0n) is 12.4. The van der Waals surface area contributed by atoms with E-state index in [9.17, 15) is 4.79 Å². The van der Waals surface area contributed by atoms with Crippen LogP contribution in [-0.4, -0.2) is 39.4 Å². The molecule has 5 heteroatoms. The number of benzene rings is 1. The maximum atomic E-state index is 11.8. The van der Waals surface area contributed by atoms with Crippen molar-refractivity contribution in [3.63, 3.8) is 0 Å². The first-order chi connectivity index (χ1) is 10.2. The molecule has 2 rings (SSSR count). The fourth-order valence-corrected chi connectivity index (χ4v) is 2.21. The quantitative estimate of drug-likeness (QED) is 0.815. The molecule has 1 aliphatic heterocycles. The van der Waals surface area contributed by atoms with E-state index in [0.717, 1.165) is 30.8 Å². The minimum Gasteiger partial charge on any atom is -0.497 e.